The lowest BCUT2D eigenvalue weighted by Gasteiger charge is -2.36. The van der Waals surface area contributed by atoms with Crippen molar-refractivity contribution in [2.45, 2.75) is 71.4 Å². The van der Waals surface area contributed by atoms with Crippen LogP contribution in [0.1, 0.15) is 77.2 Å². The number of carbonyl (C=O) groups excluding carboxylic acids is 3. The summed E-state index contributed by atoms with van der Waals surface area (Å²) in [4.78, 5) is 39.2. The van der Waals surface area contributed by atoms with Crippen LogP contribution in [0.5, 0.6) is 0 Å². The molecule has 1 fully saturated rings. The number of hydrogen-bond donors (Lipinski definition) is 3. The molecule has 0 saturated heterocycles. The molecule has 1 aliphatic carbocycles. The number of anilines is 1. The van der Waals surface area contributed by atoms with Crippen molar-refractivity contribution in [1.29, 1.82) is 0 Å². The Labute approximate surface area is 193 Å². The number of nitrogens with one attached hydrogen (secondary N) is 2. The number of aliphatic hydroxyl groups excluding tert-OH is 1. The predicted octanol–water partition coefficient (Wildman–Crippen LogP) is 3.59. The summed E-state index contributed by atoms with van der Waals surface area (Å²) in [5.74, 6) is -2.19. The van der Waals surface area contributed by atoms with E-state index in [0.29, 0.717) is 60.2 Å². The standard InChI is InChI=1S/C25H32FN3O4/c1-6-18-20(23(32)27-16-7-8-19(26)14(2)13-16)15(3)29(5)21(18)22(31)24(33)28-25(4)11-9-17(30)10-12-25/h7-8,13,17,30H,6,9-12H2,1-5H3,(H,27,32)(H,28,33)/t17-,25+. The maximum Gasteiger partial charge on any atom is 0.294 e. The number of rotatable bonds is 6. The van der Waals surface area contributed by atoms with Gasteiger partial charge in [-0.15, -0.1) is 0 Å². The summed E-state index contributed by atoms with van der Waals surface area (Å²) in [6, 6.07) is 4.30. The molecule has 33 heavy (non-hydrogen) atoms. The minimum absolute atomic E-state index is 0.187. The SMILES string of the molecule is CCc1c(C(=O)Nc2ccc(F)c(C)c2)c(C)n(C)c1C(=O)C(=O)N[C@]1(C)CC[C@H](O)CC1. The molecule has 8 heteroatoms. The van der Waals surface area contributed by atoms with Gasteiger partial charge in [0.05, 0.1) is 17.4 Å². The Bertz CT molecular complexity index is 1100. The third-order valence-electron chi connectivity index (χ3n) is 6.68. The normalized spacial score (nSPS) is 20.4. The van der Waals surface area contributed by atoms with E-state index in [2.05, 4.69) is 10.6 Å². The zero-order chi connectivity index (χ0) is 24.5. The maximum atomic E-state index is 13.6. The van der Waals surface area contributed by atoms with Crippen LogP contribution in [0.25, 0.3) is 0 Å². The number of ketones is 1. The van der Waals surface area contributed by atoms with Gasteiger partial charge in [0, 0.05) is 24.0 Å². The van der Waals surface area contributed by atoms with Crippen LogP contribution in [0.4, 0.5) is 10.1 Å². The summed E-state index contributed by atoms with van der Waals surface area (Å²) in [5, 5.41) is 15.4. The molecule has 1 saturated carbocycles. The fraction of sp³-hybridized carbons (Fsp3) is 0.480. The van der Waals surface area contributed by atoms with Crippen LogP contribution in [0.3, 0.4) is 0 Å². The van der Waals surface area contributed by atoms with Crippen molar-refractivity contribution in [3.05, 3.63) is 52.1 Å². The van der Waals surface area contributed by atoms with Crippen molar-refractivity contribution in [2.75, 3.05) is 5.32 Å². The second-order valence-corrected chi connectivity index (χ2v) is 9.19. The second kappa shape index (κ2) is 9.47. The van der Waals surface area contributed by atoms with Gasteiger partial charge in [0.2, 0.25) is 0 Å². The third kappa shape index (κ3) is 5.00. The minimum Gasteiger partial charge on any atom is -0.393 e. The first-order chi connectivity index (χ1) is 15.5. The average Bonchev–Trinajstić information content (AvgIpc) is 3.02. The molecule has 178 valence electrons. The zero-order valence-electron chi connectivity index (χ0n) is 19.8. The Kier molecular flexibility index (Phi) is 7.07. The van der Waals surface area contributed by atoms with Crippen molar-refractivity contribution < 1.29 is 23.9 Å². The molecule has 2 aromatic rings. The molecule has 1 heterocycles. The van der Waals surface area contributed by atoms with E-state index in [9.17, 15) is 23.9 Å². The summed E-state index contributed by atoms with van der Waals surface area (Å²) < 4.78 is 15.2. The lowest BCUT2D eigenvalue weighted by Crippen LogP contribution is -2.51. The van der Waals surface area contributed by atoms with Crippen molar-refractivity contribution in [2.24, 2.45) is 7.05 Å². The number of carbonyl (C=O) groups is 3. The number of nitrogens with zero attached hydrogens (tertiary/aromatic N) is 1. The topological polar surface area (TPSA) is 100 Å². The highest BCUT2D eigenvalue weighted by molar-refractivity contribution is 6.43. The largest absolute Gasteiger partial charge is 0.393 e. The van der Waals surface area contributed by atoms with Gasteiger partial charge < -0.3 is 20.3 Å². The Morgan fingerprint density at radius 2 is 1.85 bits per heavy atom. The molecular formula is C25H32FN3O4. The number of Topliss-reactive ketones (excluding diaryl/α,β-unsaturated/α-hetero) is 1. The van der Waals surface area contributed by atoms with E-state index in [0.717, 1.165) is 0 Å². The van der Waals surface area contributed by atoms with E-state index < -0.39 is 23.1 Å². The number of halogens is 1. The first-order valence-corrected chi connectivity index (χ1v) is 11.3. The molecule has 0 spiro atoms. The third-order valence-corrected chi connectivity index (χ3v) is 6.68. The average molecular weight is 458 g/mol. The summed E-state index contributed by atoms with van der Waals surface area (Å²) in [5.41, 5.74) is 1.88. The minimum atomic E-state index is -0.717. The van der Waals surface area contributed by atoms with Crippen LogP contribution >= 0.6 is 0 Å². The van der Waals surface area contributed by atoms with Crippen LogP contribution in [0.15, 0.2) is 18.2 Å². The fourth-order valence-electron chi connectivity index (χ4n) is 4.53. The van der Waals surface area contributed by atoms with Crippen LogP contribution in [-0.2, 0) is 18.3 Å². The van der Waals surface area contributed by atoms with Crippen LogP contribution < -0.4 is 10.6 Å². The molecule has 0 atom stereocenters. The molecule has 1 aromatic heterocycles. The van der Waals surface area contributed by atoms with Gasteiger partial charge in [-0.1, -0.05) is 6.92 Å². The van der Waals surface area contributed by atoms with Gasteiger partial charge in [0.25, 0.3) is 17.6 Å². The van der Waals surface area contributed by atoms with Crippen molar-refractivity contribution in [3.8, 4) is 0 Å². The summed E-state index contributed by atoms with van der Waals surface area (Å²) in [7, 11) is 1.66. The summed E-state index contributed by atoms with van der Waals surface area (Å²) in [6.45, 7) is 7.04. The van der Waals surface area contributed by atoms with E-state index in [1.807, 2.05) is 13.8 Å². The predicted molar refractivity (Wildman–Crippen MR) is 124 cm³/mol. The second-order valence-electron chi connectivity index (χ2n) is 9.19. The number of benzene rings is 1. The smallest absolute Gasteiger partial charge is 0.294 e. The van der Waals surface area contributed by atoms with Gasteiger partial charge in [-0.2, -0.15) is 0 Å². The summed E-state index contributed by atoms with van der Waals surface area (Å²) in [6.07, 6.45) is 2.32. The molecule has 0 aliphatic heterocycles. The highest BCUT2D eigenvalue weighted by Crippen LogP contribution is 2.29. The van der Waals surface area contributed by atoms with Crippen molar-refractivity contribution >= 4 is 23.3 Å². The van der Waals surface area contributed by atoms with E-state index in [-0.39, 0.29) is 17.6 Å². The van der Waals surface area contributed by atoms with E-state index in [4.69, 9.17) is 0 Å². The maximum absolute atomic E-state index is 13.6. The molecule has 0 radical (unpaired) electrons. The highest BCUT2D eigenvalue weighted by atomic mass is 19.1. The van der Waals surface area contributed by atoms with E-state index >= 15 is 0 Å². The van der Waals surface area contributed by atoms with Crippen LogP contribution in [-0.4, -0.2) is 38.9 Å². The Balaban J connectivity index is 1.88. The number of aromatic nitrogens is 1. The Morgan fingerprint density at radius 3 is 2.42 bits per heavy atom. The number of aryl methyl sites for hydroxylation is 1. The van der Waals surface area contributed by atoms with Gasteiger partial charge >= 0.3 is 0 Å². The molecule has 0 unspecified atom stereocenters. The van der Waals surface area contributed by atoms with Crippen molar-refractivity contribution in [3.63, 3.8) is 0 Å². The molecule has 0 bridgehead atoms. The quantitative estimate of drug-likeness (QED) is 0.456. The lowest BCUT2D eigenvalue weighted by molar-refractivity contribution is -0.119. The highest BCUT2D eigenvalue weighted by Gasteiger charge is 2.36. The van der Waals surface area contributed by atoms with Crippen molar-refractivity contribution in [1.82, 2.24) is 9.88 Å². The Morgan fingerprint density at radius 1 is 1.21 bits per heavy atom. The Hall–Kier alpha value is -3.00. The molecule has 2 amide bonds. The van der Waals surface area contributed by atoms with Gasteiger partial charge in [0.15, 0.2) is 0 Å². The van der Waals surface area contributed by atoms with Gasteiger partial charge in [-0.3, -0.25) is 14.4 Å². The molecular weight excluding hydrogens is 425 g/mol. The first-order valence-electron chi connectivity index (χ1n) is 11.3. The van der Waals surface area contributed by atoms with E-state index in [1.54, 1.807) is 31.5 Å². The number of amides is 2. The van der Waals surface area contributed by atoms with Gasteiger partial charge in [0.1, 0.15) is 5.82 Å². The monoisotopic (exact) mass is 457 g/mol. The molecule has 1 aliphatic rings. The zero-order valence-corrected chi connectivity index (χ0v) is 19.8. The van der Waals surface area contributed by atoms with Gasteiger partial charge in [-0.05, 0) is 82.2 Å². The molecule has 3 N–H and O–H groups in total. The van der Waals surface area contributed by atoms with Gasteiger partial charge in [-0.25, -0.2) is 4.39 Å². The fourth-order valence-corrected chi connectivity index (χ4v) is 4.53. The molecule has 3 rings (SSSR count). The lowest BCUT2D eigenvalue weighted by atomic mass is 9.82. The first kappa shape index (κ1) is 24.6. The van der Waals surface area contributed by atoms with Crippen LogP contribution in [0, 0.1) is 19.7 Å². The molecule has 7 nitrogen and oxygen atoms in total. The number of aliphatic hydroxyl groups is 1. The summed E-state index contributed by atoms with van der Waals surface area (Å²) >= 11 is 0. The van der Waals surface area contributed by atoms with E-state index in [1.165, 1.54) is 12.1 Å². The molecule has 1 aromatic carbocycles. The number of hydrogen-bond acceptors (Lipinski definition) is 4. The van der Waals surface area contributed by atoms with Crippen LogP contribution in [0.2, 0.25) is 0 Å².